The number of hydrogen-bond donors (Lipinski definition) is 0. The lowest BCUT2D eigenvalue weighted by atomic mass is 10.2. The van der Waals surface area contributed by atoms with E-state index in [9.17, 15) is 8.78 Å². The fourth-order valence-corrected chi connectivity index (χ4v) is 0.743. The average molecular weight is 144 g/mol. The fourth-order valence-electron chi connectivity index (χ4n) is 0.743. The van der Waals surface area contributed by atoms with Gasteiger partial charge in [0.25, 0.3) is 5.92 Å². The van der Waals surface area contributed by atoms with Crippen LogP contribution in [0.3, 0.4) is 0 Å². The van der Waals surface area contributed by atoms with Crippen molar-refractivity contribution in [3.05, 3.63) is 0 Å². The van der Waals surface area contributed by atoms with E-state index in [-0.39, 0.29) is 25.5 Å². The topological polar surface area (TPSA) is 3.24 Å². The number of halogens is 3. The molecule has 0 unspecified atom stereocenters. The molecule has 0 bridgehead atoms. The maximum Gasteiger partial charge on any atom is 0.272 e. The van der Waals surface area contributed by atoms with Crippen LogP contribution in [0.5, 0.6) is 0 Å². The Morgan fingerprint density at radius 1 is 1.38 bits per heavy atom. The zero-order valence-corrected chi connectivity index (χ0v) is 5.34. The summed E-state index contributed by atoms with van der Waals surface area (Å²) in [7, 11) is 1.68. The van der Waals surface area contributed by atoms with E-state index in [1.165, 1.54) is 0 Å². The minimum Gasteiger partial charge on any atom is -0.295 e. The van der Waals surface area contributed by atoms with Gasteiger partial charge < -0.3 is 0 Å². The molecule has 1 aliphatic rings. The lowest BCUT2D eigenvalue weighted by Gasteiger charge is -2.35. The van der Waals surface area contributed by atoms with Gasteiger partial charge in [-0.1, -0.05) is 0 Å². The summed E-state index contributed by atoms with van der Waals surface area (Å²) in [4.78, 5) is 1.58. The molecule has 0 spiro atoms. The van der Waals surface area contributed by atoms with E-state index in [1.54, 1.807) is 11.9 Å². The SMILES string of the molecule is CN1CC(F)(F)C1.Cl. The number of likely N-dealkylation sites (tertiary alicyclic amines) is 1. The van der Waals surface area contributed by atoms with Crippen molar-refractivity contribution in [2.45, 2.75) is 5.92 Å². The van der Waals surface area contributed by atoms with Crippen LogP contribution in [0.25, 0.3) is 0 Å². The standard InChI is InChI=1S/C4H7F2N.ClH/c1-7-2-4(5,6)3-7;/h2-3H2,1H3;1H. The van der Waals surface area contributed by atoms with Gasteiger partial charge in [0.1, 0.15) is 0 Å². The highest BCUT2D eigenvalue weighted by molar-refractivity contribution is 5.85. The second kappa shape index (κ2) is 2.15. The molecule has 1 fully saturated rings. The second-order valence-electron chi connectivity index (χ2n) is 2.03. The minimum atomic E-state index is -2.38. The number of alkyl halides is 2. The largest absolute Gasteiger partial charge is 0.295 e. The second-order valence-corrected chi connectivity index (χ2v) is 2.03. The molecule has 1 rings (SSSR count). The van der Waals surface area contributed by atoms with Crippen LogP contribution >= 0.6 is 12.4 Å². The Morgan fingerprint density at radius 2 is 1.75 bits per heavy atom. The van der Waals surface area contributed by atoms with E-state index in [1.807, 2.05) is 0 Å². The van der Waals surface area contributed by atoms with Gasteiger partial charge in [-0.15, -0.1) is 12.4 Å². The van der Waals surface area contributed by atoms with Crippen molar-refractivity contribution in [2.24, 2.45) is 0 Å². The Balaban J connectivity index is 0.000000490. The third kappa shape index (κ3) is 1.56. The van der Waals surface area contributed by atoms with Crippen LogP contribution < -0.4 is 0 Å². The van der Waals surface area contributed by atoms with Gasteiger partial charge in [-0.3, -0.25) is 4.90 Å². The van der Waals surface area contributed by atoms with Gasteiger partial charge in [0.15, 0.2) is 0 Å². The zero-order valence-electron chi connectivity index (χ0n) is 4.53. The van der Waals surface area contributed by atoms with Crippen molar-refractivity contribution in [3.8, 4) is 0 Å². The summed E-state index contributed by atoms with van der Waals surface area (Å²) in [5, 5.41) is 0. The van der Waals surface area contributed by atoms with Gasteiger partial charge in [-0.2, -0.15) is 0 Å². The van der Waals surface area contributed by atoms with Crippen molar-refractivity contribution in [1.29, 1.82) is 0 Å². The summed E-state index contributed by atoms with van der Waals surface area (Å²) in [6, 6.07) is 0. The average Bonchev–Trinajstić information content (AvgIpc) is 1.27. The predicted molar refractivity (Wildman–Crippen MR) is 29.7 cm³/mol. The summed E-state index contributed by atoms with van der Waals surface area (Å²) < 4.78 is 23.5. The van der Waals surface area contributed by atoms with Crippen molar-refractivity contribution in [3.63, 3.8) is 0 Å². The van der Waals surface area contributed by atoms with Gasteiger partial charge in [0.2, 0.25) is 0 Å². The lowest BCUT2D eigenvalue weighted by molar-refractivity contribution is -0.119. The summed E-state index contributed by atoms with van der Waals surface area (Å²) >= 11 is 0. The van der Waals surface area contributed by atoms with Gasteiger partial charge in [0.05, 0.1) is 13.1 Å². The first-order valence-electron chi connectivity index (χ1n) is 2.16. The molecule has 1 aliphatic heterocycles. The number of hydrogen-bond acceptors (Lipinski definition) is 1. The highest BCUT2D eigenvalue weighted by atomic mass is 35.5. The molecule has 0 aliphatic carbocycles. The molecule has 0 aromatic carbocycles. The highest BCUT2D eigenvalue weighted by Gasteiger charge is 2.41. The first-order valence-corrected chi connectivity index (χ1v) is 2.16. The highest BCUT2D eigenvalue weighted by Crippen LogP contribution is 2.23. The maximum absolute atomic E-state index is 11.7. The van der Waals surface area contributed by atoms with Crippen molar-refractivity contribution in [2.75, 3.05) is 20.1 Å². The normalized spacial score (nSPS) is 25.9. The van der Waals surface area contributed by atoms with E-state index in [0.29, 0.717) is 0 Å². The third-order valence-electron chi connectivity index (χ3n) is 1.00. The Kier molecular flexibility index (Phi) is 2.18. The Hall–Kier alpha value is 0.110. The monoisotopic (exact) mass is 143 g/mol. The van der Waals surface area contributed by atoms with Gasteiger partial charge in [-0.25, -0.2) is 8.78 Å². The Labute approximate surface area is 53.1 Å². The smallest absolute Gasteiger partial charge is 0.272 e. The molecule has 0 aromatic heterocycles. The van der Waals surface area contributed by atoms with Crippen molar-refractivity contribution < 1.29 is 8.78 Å². The van der Waals surface area contributed by atoms with E-state index in [4.69, 9.17) is 0 Å². The van der Waals surface area contributed by atoms with Crippen LogP contribution in [0.15, 0.2) is 0 Å². The molecule has 1 saturated heterocycles. The predicted octanol–water partition coefficient (Wildman–Crippen LogP) is 0.989. The van der Waals surface area contributed by atoms with E-state index < -0.39 is 5.92 Å². The summed E-state index contributed by atoms with van der Waals surface area (Å²) in [6.07, 6.45) is 0. The van der Waals surface area contributed by atoms with Crippen LogP contribution in [-0.4, -0.2) is 31.0 Å². The van der Waals surface area contributed by atoms with Gasteiger partial charge in [0, 0.05) is 0 Å². The lowest BCUT2D eigenvalue weighted by Crippen LogP contribution is -2.53. The van der Waals surface area contributed by atoms with E-state index in [0.717, 1.165) is 0 Å². The van der Waals surface area contributed by atoms with Crippen LogP contribution in [0, 0.1) is 0 Å². The summed E-state index contributed by atoms with van der Waals surface area (Å²) in [6.45, 7) is -0.125. The molecule has 0 aromatic rings. The van der Waals surface area contributed by atoms with Crippen molar-refractivity contribution in [1.82, 2.24) is 4.90 Å². The molecular formula is C4H8ClF2N. The third-order valence-corrected chi connectivity index (χ3v) is 1.00. The molecule has 1 heterocycles. The fraction of sp³-hybridized carbons (Fsp3) is 1.00. The van der Waals surface area contributed by atoms with Crippen LogP contribution in [0.1, 0.15) is 0 Å². The molecule has 8 heavy (non-hydrogen) atoms. The molecule has 0 atom stereocenters. The first-order chi connectivity index (χ1) is 3.10. The quantitative estimate of drug-likeness (QED) is 0.489. The molecule has 0 radical (unpaired) electrons. The zero-order chi connectivity index (χ0) is 5.49. The minimum absolute atomic E-state index is 0. The van der Waals surface area contributed by atoms with Crippen molar-refractivity contribution >= 4 is 12.4 Å². The molecule has 4 heteroatoms. The number of nitrogens with zero attached hydrogens (tertiary/aromatic N) is 1. The molecule has 0 amide bonds. The van der Waals surface area contributed by atoms with Crippen LogP contribution in [-0.2, 0) is 0 Å². The van der Waals surface area contributed by atoms with Gasteiger partial charge in [-0.05, 0) is 7.05 Å². The van der Waals surface area contributed by atoms with Crippen LogP contribution in [0.4, 0.5) is 8.78 Å². The Morgan fingerprint density at radius 3 is 1.75 bits per heavy atom. The molecular weight excluding hydrogens is 136 g/mol. The molecule has 0 saturated carbocycles. The van der Waals surface area contributed by atoms with Crippen LogP contribution in [0.2, 0.25) is 0 Å². The van der Waals surface area contributed by atoms with Gasteiger partial charge >= 0.3 is 0 Å². The number of rotatable bonds is 0. The molecule has 1 nitrogen and oxygen atoms in total. The maximum atomic E-state index is 11.7. The Bertz CT molecular complexity index is 78.1. The first kappa shape index (κ1) is 8.11. The summed E-state index contributed by atoms with van der Waals surface area (Å²) in [5.74, 6) is -2.38. The van der Waals surface area contributed by atoms with E-state index >= 15 is 0 Å². The summed E-state index contributed by atoms with van der Waals surface area (Å²) in [5.41, 5.74) is 0. The molecule has 0 N–H and O–H groups in total. The molecule has 50 valence electrons. The van der Waals surface area contributed by atoms with E-state index in [2.05, 4.69) is 0 Å².